The zero-order valence-electron chi connectivity index (χ0n) is 6.42. The molecule has 0 aliphatic heterocycles. The molecule has 0 aliphatic rings. The average Bonchev–Trinajstić information content (AvgIpc) is 1.97. The summed E-state index contributed by atoms with van der Waals surface area (Å²) in [7, 11) is 0. The summed E-state index contributed by atoms with van der Waals surface area (Å²) in [5, 5.41) is 0. The molecule has 0 aliphatic carbocycles. The summed E-state index contributed by atoms with van der Waals surface area (Å²) in [6.45, 7) is 6.99. The number of rotatable bonds is 5. The molecule has 0 aromatic heterocycles. The van der Waals surface area contributed by atoms with Crippen LogP contribution in [0.3, 0.4) is 0 Å². The largest absolute Gasteiger partial charge is 0.378 e. The van der Waals surface area contributed by atoms with Crippen LogP contribution in [0.5, 0.6) is 0 Å². The van der Waals surface area contributed by atoms with Gasteiger partial charge in [0.05, 0.1) is 6.61 Å². The number of allylic oxidation sites excluding steroid dienone is 4. The molecule has 0 spiro atoms. The summed E-state index contributed by atoms with van der Waals surface area (Å²) in [6, 6.07) is 0. The third-order valence-electron chi connectivity index (χ3n) is 0.913. The molecule has 10 heavy (non-hydrogen) atoms. The minimum absolute atomic E-state index is 0.692. The van der Waals surface area contributed by atoms with Crippen molar-refractivity contribution in [3.8, 4) is 0 Å². The predicted octanol–water partition coefficient (Wildman–Crippen LogP) is 2.32. The van der Waals surface area contributed by atoms with E-state index >= 15 is 0 Å². The van der Waals surface area contributed by atoms with E-state index in [1.54, 1.807) is 6.08 Å². The Bertz CT molecular complexity index is 123. The van der Waals surface area contributed by atoms with Gasteiger partial charge in [-0.1, -0.05) is 37.0 Å². The zero-order chi connectivity index (χ0) is 7.66. The van der Waals surface area contributed by atoms with Gasteiger partial charge in [0, 0.05) is 6.61 Å². The van der Waals surface area contributed by atoms with E-state index in [4.69, 9.17) is 4.74 Å². The van der Waals surface area contributed by atoms with Crippen LogP contribution in [0, 0.1) is 0 Å². The van der Waals surface area contributed by atoms with Crippen molar-refractivity contribution in [2.75, 3.05) is 13.2 Å². The van der Waals surface area contributed by atoms with Crippen molar-refractivity contribution in [1.82, 2.24) is 0 Å². The van der Waals surface area contributed by atoms with Crippen molar-refractivity contribution < 1.29 is 4.74 Å². The third-order valence-corrected chi connectivity index (χ3v) is 0.913. The minimum atomic E-state index is 0.692. The van der Waals surface area contributed by atoms with E-state index < -0.39 is 0 Å². The molecule has 1 nitrogen and oxygen atoms in total. The number of hydrogen-bond donors (Lipinski definition) is 0. The van der Waals surface area contributed by atoms with Crippen molar-refractivity contribution in [1.29, 1.82) is 0 Å². The summed E-state index contributed by atoms with van der Waals surface area (Å²) in [5.74, 6) is 0. The summed E-state index contributed by atoms with van der Waals surface area (Å²) < 4.78 is 5.07. The molecular weight excluding hydrogens is 124 g/mol. The molecule has 0 atom stereocenters. The quantitative estimate of drug-likeness (QED) is 0.418. The van der Waals surface area contributed by atoms with Gasteiger partial charge < -0.3 is 4.74 Å². The Labute approximate surface area is 62.7 Å². The van der Waals surface area contributed by atoms with E-state index in [2.05, 4.69) is 6.58 Å². The van der Waals surface area contributed by atoms with Crippen molar-refractivity contribution >= 4 is 0 Å². The zero-order valence-corrected chi connectivity index (χ0v) is 6.42. The maximum absolute atomic E-state index is 5.07. The molecule has 0 N–H and O–H groups in total. The average molecular weight is 138 g/mol. The molecule has 0 saturated carbocycles. The Kier molecular flexibility index (Phi) is 7.51. The van der Waals surface area contributed by atoms with Crippen molar-refractivity contribution in [2.24, 2.45) is 0 Å². The highest BCUT2D eigenvalue weighted by atomic mass is 16.5. The maximum atomic E-state index is 5.07. The molecule has 0 amide bonds. The van der Waals surface area contributed by atoms with Crippen LogP contribution in [-0.4, -0.2) is 13.2 Å². The Morgan fingerprint density at radius 1 is 1.30 bits per heavy atom. The minimum Gasteiger partial charge on any atom is -0.378 e. The van der Waals surface area contributed by atoms with E-state index in [1.807, 2.05) is 31.2 Å². The van der Waals surface area contributed by atoms with Crippen LogP contribution >= 0.6 is 0 Å². The fourth-order valence-electron chi connectivity index (χ4n) is 0.463. The molecule has 1 heteroatoms. The Morgan fingerprint density at radius 2 is 2.10 bits per heavy atom. The van der Waals surface area contributed by atoms with Gasteiger partial charge in [-0.15, -0.1) is 0 Å². The molecule has 0 radical (unpaired) electrons. The van der Waals surface area contributed by atoms with E-state index in [0.717, 1.165) is 6.61 Å². The van der Waals surface area contributed by atoms with Gasteiger partial charge in [0.15, 0.2) is 0 Å². The van der Waals surface area contributed by atoms with E-state index in [1.165, 1.54) is 0 Å². The highest BCUT2D eigenvalue weighted by molar-refractivity contribution is 5.08. The van der Waals surface area contributed by atoms with E-state index in [0.29, 0.717) is 6.61 Å². The fourth-order valence-corrected chi connectivity index (χ4v) is 0.463. The molecule has 0 rings (SSSR count). The van der Waals surface area contributed by atoms with Crippen LogP contribution in [0.25, 0.3) is 0 Å². The molecular formula is C9H14O. The first-order chi connectivity index (χ1) is 4.91. The fraction of sp³-hybridized carbons (Fsp3) is 0.333. The monoisotopic (exact) mass is 138 g/mol. The summed E-state index contributed by atoms with van der Waals surface area (Å²) in [5.41, 5.74) is 0. The van der Waals surface area contributed by atoms with Crippen LogP contribution in [0.1, 0.15) is 6.92 Å². The van der Waals surface area contributed by atoms with Crippen LogP contribution in [-0.2, 0) is 4.74 Å². The van der Waals surface area contributed by atoms with Gasteiger partial charge >= 0.3 is 0 Å². The Hall–Kier alpha value is -0.820. The molecule has 0 bridgehead atoms. The van der Waals surface area contributed by atoms with E-state index in [9.17, 15) is 0 Å². The second-order valence-electron chi connectivity index (χ2n) is 1.71. The molecule has 0 unspecified atom stereocenters. The lowest BCUT2D eigenvalue weighted by Gasteiger charge is -1.90. The molecule has 0 aromatic rings. The van der Waals surface area contributed by atoms with E-state index in [-0.39, 0.29) is 0 Å². The van der Waals surface area contributed by atoms with Crippen LogP contribution < -0.4 is 0 Å². The van der Waals surface area contributed by atoms with Gasteiger partial charge in [-0.25, -0.2) is 0 Å². The topological polar surface area (TPSA) is 9.23 Å². The Morgan fingerprint density at radius 3 is 2.70 bits per heavy atom. The number of ether oxygens (including phenoxy) is 1. The normalized spacial score (nSPS) is 11.3. The SMILES string of the molecule is C=C/C=C\C=C/COCC. The Balaban J connectivity index is 3.19. The van der Waals surface area contributed by atoms with Crippen LogP contribution in [0.2, 0.25) is 0 Å². The van der Waals surface area contributed by atoms with Gasteiger partial charge in [-0.05, 0) is 6.92 Å². The summed E-state index contributed by atoms with van der Waals surface area (Å²) in [4.78, 5) is 0. The molecule has 56 valence electrons. The smallest absolute Gasteiger partial charge is 0.0650 e. The second-order valence-corrected chi connectivity index (χ2v) is 1.71. The summed E-state index contributed by atoms with van der Waals surface area (Å²) >= 11 is 0. The van der Waals surface area contributed by atoms with Gasteiger partial charge in [0.1, 0.15) is 0 Å². The first-order valence-corrected chi connectivity index (χ1v) is 3.43. The third kappa shape index (κ3) is 7.18. The van der Waals surface area contributed by atoms with Gasteiger partial charge in [0.2, 0.25) is 0 Å². The molecule has 0 heterocycles. The van der Waals surface area contributed by atoms with Crippen molar-refractivity contribution in [2.45, 2.75) is 6.92 Å². The lowest BCUT2D eigenvalue weighted by atomic mass is 10.4. The first kappa shape index (κ1) is 9.18. The molecule has 0 fully saturated rings. The van der Waals surface area contributed by atoms with Gasteiger partial charge in [-0.3, -0.25) is 0 Å². The second kappa shape index (κ2) is 8.18. The molecule has 0 saturated heterocycles. The lowest BCUT2D eigenvalue weighted by Crippen LogP contribution is -1.87. The predicted molar refractivity (Wildman–Crippen MR) is 45.0 cm³/mol. The lowest BCUT2D eigenvalue weighted by molar-refractivity contribution is 0.177. The first-order valence-electron chi connectivity index (χ1n) is 3.43. The highest BCUT2D eigenvalue weighted by Crippen LogP contribution is 1.79. The van der Waals surface area contributed by atoms with Gasteiger partial charge in [0.25, 0.3) is 0 Å². The van der Waals surface area contributed by atoms with Gasteiger partial charge in [-0.2, -0.15) is 0 Å². The summed E-state index contributed by atoms with van der Waals surface area (Å²) in [6.07, 6.45) is 9.44. The molecule has 0 aromatic carbocycles. The number of hydrogen-bond acceptors (Lipinski definition) is 1. The standard InChI is InChI=1S/C9H14O/c1-3-5-6-7-8-9-10-4-2/h3,5-8H,1,4,9H2,2H3/b6-5-,8-7-. The van der Waals surface area contributed by atoms with Crippen molar-refractivity contribution in [3.05, 3.63) is 37.0 Å². The van der Waals surface area contributed by atoms with Crippen LogP contribution in [0.4, 0.5) is 0 Å². The maximum Gasteiger partial charge on any atom is 0.0650 e. The highest BCUT2D eigenvalue weighted by Gasteiger charge is 1.71. The van der Waals surface area contributed by atoms with Crippen LogP contribution in [0.15, 0.2) is 37.0 Å². The van der Waals surface area contributed by atoms with Crippen molar-refractivity contribution in [3.63, 3.8) is 0 Å².